The van der Waals surface area contributed by atoms with Crippen molar-refractivity contribution in [2.75, 3.05) is 20.7 Å². The van der Waals surface area contributed by atoms with Crippen molar-refractivity contribution >= 4 is 5.97 Å². The Balaban J connectivity index is 2.57. The third-order valence-electron chi connectivity index (χ3n) is 2.77. The van der Waals surface area contributed by atoms with Crippen molar-refractivity contribution < 1.29 is 14.6 Å². The van der Waals surface area contributed by atoms with Crippen molar-refractivity contribution in [3.63, 3.8) is 0 Å². The quantitative estimate of drug-likeness (QED) is 0.812. The van der Waals surface area contributed by atoms with E-state index in [0.29, 0.717) is 30.8 Å². The highest BCUT2D eigenvalue weighted by atomic mass is 16.5. The van der Waals surface area contributed by atoms with Crippen LogP contribution in [0.4, 0.5) is 0 Å². The van der Waals surface area contributed by atoms with E-state index in [2.05, 4.69) is 6.07 Å². The lowest BCUT2D eigenvalue weighted by atomic mass is 10.1. The maximum Gasteiger partial charge on any atom is 0.303 e. The summed E-state index contributed by atoms with van der Waals surface area (Å²) >= 11 is 0. The minimum atomic E-state index is -0.770. The summed E-state index contributed by atoms with van der Waals surface area (Å²) in [5.41, 5.74) is 1.55. The van der Waals surface area contributed by atoms with Crippen molar-refractivity contribution in [3.8, 4) is 11.8 Å². The summed E-state index contributed by atoms with van der Waals surface area (Å²) in [5, 5.41) is 17.5. The van der Waals surface area contributed by atoms with Gasteiger partial charge >= 0.3 is 5.97 Å². The monoisotopic (exact) mass is 262 g/mol. The van der Waals surface area contributed by atoms with Crippen LogP contribution in [0.2, 0.25) is 0 Å². The number of carboxylic acids is 1. The van der Waals surface area contributed by atoms with Crippen molar-refractivity contribution in [1.29, 1.82) is 5.26 Å². The smallest absolute Gasteiger partial charge is 0.303 e. The lowest BCUT2D eigenvalue weighted by Crippen LogP contribution is -2.19. The number of rotatable bonds is 7. The molecule has 1 aromatic carbocycles. The molecule has 0 fully saturated rings. The topological polar surface area (TPSA) is 73.6 Å². The molecule has 0 aliphatic rings. The Kier molecular flexibility index (Phi) is 5.83. The van der Waals surface area contributed by atoms with E-state index in [-0.39, 0.29) is 6.42 Å². The Morgan fingerprint density at radius 2 is 2.26 bits per heavy atom. The maximum atomic E-state index is 10.4. The molecular formula is C14H18N2O3. The van der Waals surface area contributed by atoms with E-state index in [9.17, 15) is 4.79 Å². The van der Waals surface area contributed by atoms with Gasteiger partial charge in [0.1, 0.15) is 11.8 Å². The van der Waals surface area contributed by atoms with Crippen molar-refractivity contribution in [3.05, 3.63) is 29.3 Å². The molecule has 5 heteroatoms. The summed E-state index contributed by atoms with van der Waals surface area (Å²) in [4.78, 5) is 12.5. The van der Waals surface area contributed by atoms with Gasteiger partial charge in [-0.3, -0.25) is 4.79 Å². The third kappa shape index (κ3) is 4.98. The van der Waals surface area contributed by atoms with Crippen LogP contribution >= 0.6 is 0 Å². The summed E-state index contributed by atoms with van der Waals surface area (Å²) in [7, 11) is 3.48. The second-order valence-electron chi connectivity index (χ2n) is 4.38. The van der Waals surface area contributed by atoms with E-state index in [1.165, 1.54) is 7.11 Å². The fourth-order valence-corrected chi connectivity index (χ4v) is 1.82. The average Bonchev–Trinajstić information content (AvgIpc) is 2.38. The number of nitriles is 1. The molecule has 19 heavy (non-hydrogen) atoms. The molecule has 0 saturated carbocycles. The first kappa shape index (κ1) is 15.0. The Hall–Kier alpha value is -2.06. The highest BCUT2D eigenvalue weighted by Crippen LogP contribution is 2.20. The molecule has 0 bridgehead atoms. The van der Waals surface area contributed by atoms with Crippen molar-refractivity contribution in [1.82, 2.24) is 4.90 Å². The molecule has 0 aromatic heterocycles. The minimum Gasteiger partial charge on any atom is -0.495 e. The fourth-order valence-electron chi connectivity index (χ4n) is 1.82. The van der Waals surface area contributed by atoms with Crippen LogP contribution in [0.1, 0.15) is 24.0 Å². The summed E-state index contributed by atoms with van der Waals surface area (Å²) in [6.45, 7) is 1.41. The zero-order valence-corrected chi connectivity index (χ0v) is 11.2. The van der Waals surface area contributed by atoms with Crippen LogP contribution < -0.4 is 4.74 Å². The molecular weight excluding hydrogens is 244 g/mol. The highest BCUT2D eigenvalue weighted by molar-refractivity contribution is 5.66. The molecule has 0 spiro atoms. The van der Waals surface area contributed by atoms with Gasteiger partial charge in [0, 0.05) is 13.0 Å². The number of hydrogen-bond donors (Lipinski definition) is 1. The van der Waals surface area contributed by atoms with Gasteiger partial charge in [0.2, 0.25) is 0 Å². The molecule has 0 amide bonds. The summed E-state index contributed by atoms with van der Waals surface area (Å²) in [6, 6.07) is 7.53. The van der Waals surface area contributed by atoms with Crippen LogP contribution in [0.3, 0.4) is 0 Å². The molecule has 0 atom stereocenters. The van der Waals surface area contributed by atoms with E-state index in [1.54, 1.807) is 6.07 Å². The predicted octanol–water partition coefficient (Wildman–Crippen LogP) is 1.86. The molecule has 0 aliphatic heterocycles. The Morgan fingerprint density at radius 3 is 2.84 bits per heavy atom. The zero-order chi connectivity index (χ0) is 14.3. The molecule has 5 nitrogen and oxygen atoms in total. The van der Waals surface area contributed by atoms with Gasteiger partial charge in [-0.05, 0) is 37.7 Å². The lowest BCUT2D eigenvalue weighted by Gasteiger charge is -2.16. The molecule has 1 N–H and O–H groups in total. The maximum absolute atomic E-state index is 10.4. The van der Waals surface area contributed by atoms with Crippen LogP contribution in [0.25, 0.3) is 0 Å². The van der Waals surface area contributed by atoms with Crippen LogP contribution in [-0.2, 0) is 11.3 Å². The molecule has 0 aliphatic carbocycles. The molecule has 1 rings (SSSR count). The lowest BCUT2D eigenvalue weighted by molar-refractivity contribution is -0.137. The van der Waals surface area contributed by atoms with Gasteiger partial charge in [0.25, 0.3) is 0 Å². The summed E-state index contributed by atoms with van der Waals surface area (Å²) in [6.07, 6.45) is 0.806. The predicted molar refractivity (Wildman–Crippen MR) is 70.9 cm³/mol. The van der Waals surface area contributed by atoms with Gasteiger partial charge < -0.3 is 14.7 Å². The zero-order valence-electron chi connectivity index (χ0n) is 11.2. The normalized spacial score (nSPS) is 10.2. The van der Waals surface area contributed by atoms with Crippen LogP contribution in [-0.4, -0.2) is 36.7 Å². The molecule has 0 radical (unpaired) electrons. The SMILES string of the molecule is COc1cc(CN(C)CCCC(=O)O)ccc1C#N. The summed E-state index contributed by atoms with van der Waals surface area (Å²) in [5.74, 6) is -0.202. The van der Waals surface area contributed by atoms with E-state index < -0.39 is 5.97 Å². The first-order chi connectivity index (χ1) is 9.06. The number of benzene rings is 1. The first-order valence-corrected chi connectivity index (χ1v) is 6.04. The molecule has 0 saturated heterocycles. The van der Waals surface area contributed by atoms with Crippen molar-refractivity contribution in [2.24, 2.45) is 0 Å². The van der Waals surface area contributed by atoms with Crippen LogP contribution in [0.15, 0.2) is 18.2 Å². The second-order valence-corrected chi connectivity index (χ2v) is 4.38. The van der Waals surface area contributed by atoms with E-state index in [1.807, 2.05) is 24.1 Å². The second kappa shape index (κ2) is 7.39. The van der Waals surface area contributed by atoms with Gasteiger partial charge in [0.15, 0.2) is 0 Å². The van der Waals surface area contributed by atoms with Gasteiger partial charge in [-0.15, -0.1) is 0 Å². The number of nitrogens with zero attached hydrogens (tertiary/aromatic N) is 2. The number of hydrogen-bond acceptors (Lipinski definition) is 4. The number of methoxy groups -OCH3 is 1. The fraction of sp³-hybridized carbons (Fsp3) is 0.429. The number of carbonyl (C=O) groups is 1. The number of ether oxygens (including phenoxy) is 1. The molecule has 102 valence electrons. The molecule has 0 unspecified atom stereocenters. The standard InChI is InChI=1S/C14H18N2O3/c1-16(7-3-4-14(17)18)10-11-5-6-12(9-15)13(8-11)19-2/h5-6,8H,3-4,7,10H2,1-2H3,(H,17,18). The first-order valence-electron chi connectivity index (χ1n) is 6.04. The highest BCUT2D eigenvalue weighted by Gasteiger charge is 2.06. The largest absolute Gasteiger partial charge is 0.495 e. The van der Waals surface area contributed by atoms with E-state index in [4.69, 9.17) is 15.1 Å². The van der Waals surface area contributed by atoms with E-state index >= 15 is 0 Å². The number of aliphatic carboxylic acids is 1. The van der Waals surface area contributed by atoms with Crippen LogP contribution in [0, 0.1) is 11.3 Å². The summed E-state index contributed by atoms with van der Waals surface area (Å²) < 4.78 is 5.15. The average molecular weight is 262 g/mol. The van der Waals surface area contributed by atoms with E-state index in [0.717, 1.165) is 5.56 Å². The molecule has 0 heterocycles. The third-order valence-corrected chi connectivity index (χ3v) is 2.77. The minimum absolute atomic E-state index is 0.182. The molecule has 1 aromatic rings. The van der Waals surface area contributed by atoms with Gasteiger partial charge in [-0.25, -0.2) is 0 Å². The Bertz CT molecular complexity index is 480. The van der Waals surface area contributed by atoms with Crippen LogP contribution in [0.5, 0.6) is 5.75 Å². The van der Waals surface area contributed by atoms with Gasteiger partial charge in [-0.1, -0.05) is 6.07 Å². The van der Waals surface area contributed by atoms with Gasteiger partial charge in [-0.2, -0.15) is 5.26 Å². The Morgan fingerprint density at radius 1 is 1.53 bits per heavy atom. The Labute approximate surface area is 113 Å². The number of carboxylic acid groups (broad SMARTS) is 1. The van der Waals surface area contributed by atoms with Gasteiger partial charge in [0.05, 0.1) is 12.7 Å². The van der Waals surface area contributed by atoms with Crippen molar-refractivity contribution in [2.45, 2.75) is 19.4 Å².